The number of alkyl halides is 5. The van der Waals surface area contributed by atoms with E-state index in [9.17, 15) is 22.0 Å². The molecule has 90 valence electrons. The molecule has 1 rings (SSSR count). The molecule has 0 radical (unpaired) electrons. The molecule has 0 aromatic heterocycles. The highest BCUT2D eigenvalue weighted by atomic mass is 35.5. The van der Waals surface area contributed by atoms with Crippen LogP contribution in [0, 0.1) is 0 Å². The molecule has 0 saturated carbocycles. The Bertz CT molecular complexity index is 377. The lowest BCUT2D eigenvalue weighted by atomic mass is 10.1. The first-order chi connectivity index (χ1) is 7.23. The normalized spacial score (nSPS) is 14.2. The molecule has 0 aliphatic heterocycles. The molecule has 0 saturated heterocycles. The molecule has 7 heteroatoms. The Hall–Kier alpha value is -0.880. The molecular weight excluding hydrogens is 253 g/mol. The Labute approximate surface area is 93.0 Å². The van der Waals surface area contributed by atoms with Gasteiger partial charge in [-0.1, -0.05) is 17.7 Å². The van der Waals surface area contributed by atoms with Gasteiger partial charge in [-0.3, -0.25) is 0 Å². The van der Waals surface area contributed by atoms with E-state index >= 15 is 0 Å². The third-order valence-electron chi connectivity index (χ3n) is 1.95. The van der Waals surface area contributed by atoms with E-state index in [-0.39, 0.29) is 5.56 Å². The van der Waals surface area contributed by atoms with E-state index in [1.165, 1.54) is 0 Å². The molecule has 1 aromatic carbocycles. The molecule has 0 heterocycles. The summed E-state index contributed by atoms with van der Waals surface area (Å²) < 4.78 is 61.2. The van der Waals surface area contributed by atoms with E-state index < -0.39 is 29.2 Å². The van der Waals surface area contributed by atoms with Crippen LogP contribution in [0.5, 0.6) is 0 Å². The van der Waals surface area contributed by atoms with Gasteiger partial charge in [0.25, 0.3) is 6.43 Å². The average molecular weight is 260 g/mol. The van der Waals surface area contributed by atoms with Crippen molar-refractivity contribution >= 4 is 11.6 Å². The van der Waals surface area contributed by atoms with Gasteiger partial charge < -0.3 is 5.73 Å². The Morgan fingerprint density at radius 1 is 1.19 bits per heavy atom. The fraction of sp³-hybridized carbons (Fsp3) is 0.333. The summed E-state index contributed by atoms with van der Waals surface area (Å²) in [6, 6.07) is 0.701. The van der Waals surface area contributed by atoms with Gasteiger partial charge in [-0.05, 0) is 17.7 Å². The Kier molecular flexibility index (Phi) is 3.75. The second-order valence-corrected chi connectivity index (χ2v) is 3.50. The van der Waals surface area contributed by atoms with E-state index in [0.29, 0.717) is 6.07 Å². The minimum absolute atomic E-state index is 0.131. The molecule has 1 nitrogen and oxygen atoms in total. The van der Waals surface area contributed by atoms with Gasteiger partial charge in [-0.2, -0.15) is 13.2 Å². The highest BCUT2D eigenvalue weighted by Gasteiger charge is 2.33. The van der Waals surface area contributed by atoms with E-state index in [1.807, 2.05) is 0 Å². The van der Waals surface area contributed by atoms with Gasteiger partial charge in [0.1, 0.15) is 0 Å². The minimum Gasteiger partial charge on any atom is -0.319 e. The van der Waals surface area contributed by atoms with Crippen LogP contribution < -0.4 is 5.73 Å². The lowest BCUT2D eigenvalue weighted by Crippen LogP contribution is -2.19. The highest BCUT2D eigenvalue weighted by Crippen LogP contribution is 2.36. The summed E-state index contributed by atoms with van der Waals surface area (Å²) in [5.41, 5.74) is 3.87. The first kappa shape index (κ1) is 13.2. The quantitative estimate of drug-likeness (QED) is 0.807. The van der Waals surface area contributed by atoms with Gasteiger partial charge in [0.05, 0.1) is 16.6 Å². The third-order valence-corrected chi connectivity index (χ3v) is 2.27. The standard InChI is InChI=1S/C9H7ClF5N/c10-6-3-4(7(16)8(11)12)1-2-5(6)9(13,14)15/h1-3,7-8H,16H2. The number of rotatable bonds is 2. The Morgan fingerprint density at radius 3 is 2.12 bits per heavy atom. The predicted molar refractivity (Wildman–Crippen MR) is 49.4 cm³/mol. The topological polar surface area (TPSA) is 26.0 Å². The second kappa shape index (κ2) is 4.55. The van der Waals surface area contributed by atoms with E-state index in [1.54, 1.807) is 0 Å². The van der Waals surface area contributed by atoms with Crippen molar-refractivity contribution in [3.63, 3.8) is 0 Å². The van der Waals surface area contributed by atoms with Crippen molar-refractivity contribution in [2.75, 3.05) is 0 Å². The van der Waals surface area contributed by atoms with E-state index in [2.05, 4.69) is 0 Å². The number of benzene rings is 1. The van der Waals surface area contributed by atoms with Gasteiger partial charge in [-0.25, -0.2) is 8.78 Å². The Balaban J connectivity index is 3.09. The monoisotopic (exact) mass is 259 g/mol. The van der Waals surface area contributed by atoms with Gasteiger partial charge >= 0.3 is 6.18 Å². The second-order valence-electron chi connectivity index (χ2n) is 3.10. The van der Waals surface area contributed by atoms with Crippen LogP contribution in [0.15, 0.2) is 18.2 Å². The van der Waals surface area contributed by atoms with Crippen LogP contribution in [0.1, 0.15) is 17.2 Å². The fourth-order valence-corrected chi connectivity index (χ4v) is 1.41. The maximum Gasteiger partial charge on any atom is 0.417 e. The number of nitrogens with two attached hydrogens (primary N) is 1. The lowest BCUT2D eigenvalue weighted by Gasteiger charge is -2.14. The van der Waals surface area contributed by atoms with Crippen LogP contribution in [0.4, 0.5) is 22.0 Å². The summed E-state index contributed by atoms with van der Waals surface area (Å²) in [4.78, 5) is 0. The van der Waals surface area contributed by atoms with Crippen molar-refractivity contribution in [1.29, 1.82) is 0 Å². The zero-order valence-electron chi connectivity index (χ0n) is 7.73. The largest absolute Gasteiger partial charge is 0.417 e. The van der Waals surface area contributed by atoms with Crippen LogP contribution in [0.2, 0.25) is 5.02 Å². The van der Waals surface area contributed by atoms with Crippen molar-refractivity contribution in [3.8, 4) is 0 Å². The summed E-state index contributed by atoms with van der Waals surface area (Å²) in [6.45, 7) is 0. The SMILES string of the molecule is NC(c1ccc(C(F)(F)F)c(Cl)c1)C(F)F. The molecule has 16 heavy (non-hydrogen) atoms. The molecule has 0 fully saturated rings. The summed E-state index contributed by atoms with van der Waals surface area (Å²) in [5, 5.41) is -0.638. The summed E-state index contributed by atoms with van der Waals surface area (Å²) >= 11 is 5.34. The molecule has 1 unspecified atom stereocenters. The van der Waals surface area contributed by atoms with Gasteiger partial charge in [-0.15, -0.1) is 0 Å². The first-order valence-corrected chi connectivity index (χ1v) is 4.51. The highest BCUT2D eigenvalue weighted by molar-refractivity contribution is 6.31. The molecule has 1 atom stereocenters. The van der Waals surface area contributed by atoms with Crippen molar-refractivity contribution in [2.45, 2.75) is 18.6 Å². The Morgan fingerprint density at radius 2 is 1.75 bits per heavy atom. The van der Waals surface area contributed by atoms with Crippen LogP contribution in [0.25, 0.3) is 0 Å². The maximum absolute atomic E-state index is 12.3. The number of hydrogen-bond acceptors (Lipinski definition) is 1. The third kappa shape index (κ3) is 2.82. The van der Waals surface area contributed by atoms with Crippen LogP contribution in [0.3, 0.4) is 0 Å². The fourth-order valence-electron chi connectivity index (χ4n) is 1.11. The molecule has 0 aliphatic carbocycles. The molecule has 0 aliphatic rings. The van der Waals surface area contributed by atoms with Crippen LogP contribution >= 0.6 is 11.6 Å². The predicted octanol–water partition coefficient (Wildman–Crippen LogP) is 3.62. The smallest absolute Gasteiger partial charge is 0.319 e. The zero-order chi connectivity index (χ0) is 12.5. The number of hydrogen-bond donors (Lipinski definition) is 1. The summed E-state index contributed by atoms with van der Waals surface area (Å²) in [6.07, 6.45) is -7.46. The van der Waals surface area contributed by atoms with Gasteiger partial charge in [0.2, 0.25) is 0 Å². The minimum atomic E-state index is -4.61. The van der Waals surface area contributed by atoms with Gasteiger partial charge in [0.15, 0.2) is 0 Å². The summed E-state index contributed by atoms with van der Waals surface area (Å²) in [5.74, 6) is 0. The lowest BCUT2D eigenvalue weighted by molar-refractivity contribution is -0.137. The van der Waals surface area contributed by atoms with Crippen molar-refractivity contribution < 1.29 is 22.0 Å². The van der Waals surface area contributed by atoms with Crippen LogP contribution in [-0.2, 0) is 6.18 Å². The maximum atomic E-state index is 12.3. The zero-order valence-corrected chi connectivity index (χ0v) is 8.49. The van der Waals surface area contributed by atoms with Crippen LogP contribution in [-0.4, -0.2) is 6.43 Å². The molecule has 1 aromatic rings. The summed E-state index contributed by atoms with van der Waals surface area (Å²) in [7, 11) is 0. The molecule has 0 bridgehead atoms. The van der Waals surface area contributed by atoms with E-state index in [4.69, 9.17) is 17.3 Å². The number of halogens is 6. The molecule has 0 amide bonds. The van der Waals surface area contributed by atoms with Crippen molar-refractivity contribution in [3.05, 3.63) is 34.3 Å². The molecule has 0 spiro atoms. The van der Waals surface area contributed by atoms with Gasteiger partial charge in [0, 0.05) is 0 Å². The molecule has 2 N–H and O–H groups in total. The van der Waals surface area contributed by atoms with Crippen molar-refractivity contribution in [1.82, 2.24) is 0 Å². The van der Waals surface area contributed by atoms with Crippen molar-refractivity contribution in [2.24, 2.45) is 5.73 Å². The average Bonchev–Trinajstić information content (AvgIpc) is 2.14. The van der Waals surface area contributed by atoms with E-state index in [0.717, 1.165) is 12.1 Å². The first-order valence-electron chi connectivity index (χ1n) is 4.14. The molecular formula is C9H7ClF5N.